The predicted molar refractivity (Wildman–Crippen MR) is 113 cm³/mol. The van der Waals surface area contributed by atoms with Crippen molar-refractivity contribution >= 4 is 56.5 Å². The minimum absolute atomic E-state index is 0.112. The lowest BCUT2D eigenvalue weighted by Crippen LogP contribution is -2.25. The molecule has 1 unspecified atom stereocenters. The number of methoxy groups -OCH3 is 1. The van der Waals surface area contributed by atoms with Crippen LogP contribution in [0, 0.1) is 13.8 Å². The first-order valence-electron chi connectivity index (χ1n) is 8.46. The van der Waals surface area contributed by atoms with Crippen LogP contribution in [-0.4, -0.2) is 28.2 Å². The van der Waals surface area contributed by atoms with Crippen LogP contribution in [0.1, 0.15) is 23.8 Å². The number of anilines is 1. The summed E-state index contributed by atoms with van der Waals surface area (Å²) in [7, 11) is 1.56. The van der Waals surface area contributed by atoms with E-state index in [-0.39, 0.29) is 11.2 Å². The molecule has 3 aromatic rings. The van der Waals surface area contributed by atoms with Crippen molar-refractivity contribution in [2.24, 2.45) is 0 Å². The van der Waals surface area contributed by atoms with Crippen molar-refractivity contribution in [1.29, 1.82) is 0 Å². The molecule has 142 valence electrons. The van der Waals surface area contributed by atoms with Crippen molar-refractivity contribution in [1.82, 2.24) is 9.97 Å². The Morgan fingerprint density at radius 3 is 2.85 bits per heavy atom. The summed E-state index contributed by atoms with van der Waals surface area (Å²) in [6.45, 7) is 6.13. The average molecular weight is 422 g/mol. The number of hydrogen-bond acceptors (Lipinski definition) is 6. The van der Waals surface area contributed by atoms with Gasteiger partial charge in [0.05, 0.1) is 18.0 Å². The SMILES string of the molecule is CCC(Sc1ncnc2sc(C)c(C)c12)C(=O)Nc1cc(Cl)ccc1OC. The second kappa shape index (κ2) is 8.46. The highest BCUT2D eigenvalue weighted by molar-refractivity contribution is 8.00. The van der Waals surface area contributed by atoms with Crippen LogP contribution < -0.4 is 10.1 Å². The number of thioether (sulfide) groups is 1. The van der Waals surface area contributed by atoms with Gasteiger partial charge in [0.1, 0.15) is 21.9 Å². The maximum Gasteiger partial charge on any atom is 0.238 e. The summed E-state index contributed by atoms with van der Waals surface area (Å²) >= 11 is 9.17. The molecule has 0 spiro atoms. The van der Waals surface area contributed by atoms with E-state index in [1.165, 1.54) is 22.2 Å². The van der Waals surface area contributed by atoms with Crippen molar-refractivity contribution < 1.29 is 9.53 Å². The molecule has 3 rings (SSSR count). The minimum Gasteiger partial charge on any atom is -0.495 e. The van der Waals surface area contributed by atoms with Crippen LogP contribution in [0.15, 0.2) is 29.6 Å². The lowest BCUT2D eigenvalue weighted by atomic mass is 10.2. The molecule has 0 aliphatic carbocycles. The molecule has 1 N–H and O–H groups in total. The van der Waals surface area contributed by atoms with Crippen LogP contribution in [0.4, 0.5) is 5.69 Å². The third-order valence-corrected chi connectivity index (χ3v) is 6.98. The van der Waals surface area contributed by atoms with E-state index in [9.17, 15) is 4.79 Å². The van der Waals surface area contributed by atoms with Gasteiger partial charge < -0.3 is 10.1 Å². The van der Waals surface area contributed by atoms with E-state index in [0.29, 0.717) is 22.9 Å². The van der Waals surface area contributed by atoms with E-state index in [4.69, 9.17) is 16.3 Å². The smallest absolute Gasteiger partial charge is 0.238 e. The number of benzene rings is 1. The first kappa shape index (κ1) is 19.9. The number of rotatable bonds is 6. The largest absolute Gasteiger partial charge is 0.495 e. The van der Waals surface area contributed by atoms with Crippen molar-refractivity contribution in [3.8, 4) is 5.75 Å². The Labute approximate surface area is 171 Å². The summed E-state index contributed by atoms with van der Waals surface area (Å²) in [5, 5.41) is 5.04. The molecule has 0 saturated heterocycles. The van der Waals surface area contributed by atoms with E-state index in [1.54, 1.807) is 43.0 Å². The number of hydrogen-bond donors (Lipinski definition) is 1. The predicted octanol–water partition coefficient (Wildman–Crippen LogP) is 5.48. The van der Waals surface area contributed by atoms with Gasteiger partial charge in [-0.2, -0.15) is 0 Å². The van der Waals surface area contributed by atoms with Gasteiger partial charge >= 0.3 is 0 Å². The number of aryl methyl sites for hydroxylation is 2. The first-order chi connectivity index (χ1) is 12.9. The molecule has 27 heavy (non-hydrogen) atoms. The van der Waals surface area contributed by atoms with Gasteiger partial charge in [-0.05, 0) is 44.0 Å². The Bertz CT molecular complexity index is 990. The molecule has 2 heterocycles. The fourth-order valence-electron chi connectivity index (χ4n) is 2.69. The summed E-state index contributed by atoms with van der Waals surface area (Å²) < 4.78 is 5.31. The quantitative estimate of drug-likeness (QED) is 0.421. The van der Waals surface area contributed by atoms with Crippen molar-refractivity contribution in [3.63, 3.8) is 0 Å². The second-order valence-corrected chi connectivity index (χ2v) is 8.82. The summed E-state index contributed by atoms with van der Waals surface area (Å²) in [6, 6.07) is 5.14. The summed E-state index contributed by atoms with van der Waals surface area (Å²) in [6.07, 6.45) is 2.22. The zero-order valence-corrected chi connectivity index (χ0v) is 17.9. The number of carbonyl (C=O) groups excluding carboxylic acids is 1. The van der Waals surface area contributed by atoms with Crippen molar-refractivity contribution in [2.75, 3.05) is 12.4 Å². The normalized spacial score (nSPS) is 12.2. The van der Waals surface area contributed by atoms with Gasteiger partial charge in [0.15, 0.2) is 0 Å². The number of halogens is 1. The lowest BCUT2D eigenvalue weighted by Gasteiger charge is -2.16. The summed E-state index contributed by atoms with van der Waals surface area (Å²) in [5.74, 6) is 0.459. The molecule has 2 aromatic heterocycles. The van der Waals surface area contributed by atoms with Crippen LogP contribution in [0.5, 0.6) is 5.75 Å². The van der Waals surface area contributed by atoms with E-state index in [2.05, 4.69) is 29.1 Å². The number of ether oxygens (including phenoxy) is 1. The fraction of sp³-hybridized carbons (Fsp3) is 0.316. The Balaban J connectivity index is 1.86. The number of nitrogens with one attached hydrogen (secondary N) is 1. The number of carbonyl (C=O) groups is 1. The first-order valence-corrected chi connectivity index (χ1v) is 10.5. The van der Waals surface area contributed by atoms with Gasteiger partial charge in [-0.15, -0.1) is 11.3 Å². The molecule has 1 aromatic carbocycles. The lowest BCUT2D eigenvalue weighted by molar-refractivity contribution is -0.115. The molecule has 1 atom stereocenters. The Kier molecular flexibility index (Phi) is 6.24. The molecule has 0 radical (unpaired) electrons. The highest BCUT2D eigenvalue weighted by Crippen LogP contribution is 2.37. The van der Waals surface area contributed by atoms with Gasteiger partial charge in [-0.25, -0.2) is 9.97 Å². The zero-order chi connectivity index (χ0) is 19.6. The van der Waals surface area contributed by atoms with Gasteiger partial charge in [0.2, 0.25) is 5.91 Å². The second-order valence-electron chi connectivity index (χ2n) is 5.99. The maximum absolute atomic E-state index is 12.9. The van der Waals surface area contributed by atoms with E-state index < -0.39 is 0 Å². The molecule has 0 fully saturated rings. The summed E-state index contributed by atoms with van der Waals surface area (Å²) in [4.78, 5) is 23.9. The molecular formula is C19H20ClN3O2S2. The van der Waals surface area contributed by atoms with Gasteiger partial charge in [-0.1, -0.05) is 30.3 Å². The number of nitrogens with zero attached hydrogens (tertiary/aromatic N) is 2. The van der Waals surface area contributed by atoms with Crippen molar-refractivity contribution in [2.45, 2.75) is 37.5 Å². The van der Waals surface area contributed by atoms with Crippen LogP contribution in [0.2, 0.25) is 5.02 Å². The number of aromatic nitrogens is 2. The Morgan fingerprint density at radius 2 is 2.15 bits per heavy atom. The van der Waals surface area contributed by atoms with Gasteiger partial charge in [-0.3, -0.25) is 4.79 Å². The number of amides is 1. The number of thiophene rings is 1. The topological polar surface area (TPSA) is 64.1 Å². The fourth-order valence-corrected chi connectivity index (χ4v) is 5.00. The van der Waals surface area contributed by atoms with Crippen LogP contribution in [0.3, 0.4) is 0 Å². The third-order valence-electron chi connectivity index (χ3n) is 4.27. The van der Waals surface area contributed by atoms with Gasteiger partial charge in [0, 0.05) is 15.3 Å². The van der Waals surface area contributed by atoms with E-state index >= 15 is 0 Å². The molecule has 1 amide bonds. The molecule has 0 saturated carbocycles. The Hall–Kier alpha value is -1.83. The van der Waals surface area contributed by atoms with Crippen LogP contribution >= 0.6 is 34.7 Å². The van der Waals surface area contributed by atoms with Gasteiger partial charge in [0.25, 0.3) is 0 Å². The van der Waals surface area contributed by atoms with E-state index in [0.717, 1.165) is 15.2 Å². The van der Waals surface area contributed by atoms with E-state index in [1.807, 2.05) is 6.92 Å². The van der Waals surface area contributed by atoms with Crippen molar-refractivity contribution in [3.05, 3.63) is 40.0 Å². The van der Waals surface area contributed by atoms with Crippen LogP contribution in [-0.2, 0) is 4.79 Å². The Morgan fingerprint density at radius 1 is 1.37 bits per heavy atom. The summed E-state index contributed by atoms with van der Waals surface area (Å²) in [5.41, 5.74) is 1.73. The molecule has 5 nitrogen and oxygen atoms in total. The monoisotopic (exact) mass is 421 g/mol. The maximum atomic E-state index is 12.9. The molecule has 0 aliphatic heterocycles. The molecular weight excluding hydrogens is 402 g/mol. The minimum atomic E-state index is -0.300. The van der Waals surface area contributed by atoms with Crippen LogP contribution in [0.25, 0.3) is 10.2 Å². The highest BCUT2D eigenvalue weighted by Gasteiger charge is 2.23. The highest BCUT2D eigenvalue weighted by atomic mass is 35.5. The standard InChI is InChI=1S/C19H20ClN3O2S2/c1-5-15(17(24)23-13-8-12(20)6-7-14(13)25-4)27-19-16-10(2)11(3)26-18(16)21-9-22-19/h6-9,15H,5H2,1-4H3,(H,23,24). The average Bonchev–Trinajstić information content (AvgIpc) is 2.94. The molecule has 0 bridgehead atoms. The molecule has 8 heteroatoms. The zero-order valence-electron chi connectivity index (χ0n) is 15.5. The number of fused-ring (bicyclic) bond motifs is 1. The molecule has 0 aliphatic rings. The third kappa shape index (κ3) is 4.20.